The first kappa shape index (κ1) is 26.9. The van der Waals surface area contributed by atoms with Gasteiger partial charge in [-0.1, -0.05) is 17.7 Å². The lowest BCUT2D eigenvalue weighted by atomic mass is 10.1. The van der Waals surface area contributed by atoms with Gasteiger partial charge in [-0.15, -0.1) is 0 Å². The Morgan fingerprint density at radius 1 is 1.00 bits per heavy atom. The van der Waals surface area contributed by atoms with Crippen LogP contribution >= 0.6 is 0 Å². The number of benzene rings is 2. The molecule has 0 aliphatic carbocycles. The highest BCUT2D eigenvalue weighted by Crippen LogP contribution is 2.33. The predicted molar refractivity (Wildman–Crippen MR) is 139 cm³/mol. The molecule has 1 atom stereocenters. The zero-order valence-electron chi connectivity index (χ0n) is 21.3. The monoisotopic (exact) mass is 537 g/mol. The third-order valence-corrected chi connectivity index (χ3v) is 10.4. The van der Waals surface area contributed by atoms with Crippen LogP contribution in [-0.2, 0) is 24.8 Å². The van der Waals surface area contributed by atoms with Crippen LogP contribution in [0.1, 0.15) is 29.5 Å². The zero-order valence-corrected chi connectivity index (χ0v) is 22.9. The summed E-state index contributed by atoms with van der Waals surface area (Å²) >= 11 is 0. The van der Waals surface area contributed by atoms with E-state index >= 15 is 0 Å². The summed E-state index contributed by atoms with van der Waals surface area (Å²) in [6.45, 7) is 7.88. The van der Waals surface area contributed by atoms with Crippen molar-refractivity contribution in [2.75, 3.05) is 51.3 Å². The summed E-state index contributed by atoms with van der Waals surface area (Å²) in [5.74, 6) is 0.537. The summed E-state index contributed by atoms with van der Waals surface area (Å²) in [7, 11) is -5.85. The number of sulfonamides is 2. The number of nitrogens with zero attached hydrogens (tertiary/aromatic N) is 2. The molecule has 1 N–H and O–H groups in total. The van der Waals surface area contributed by atoms with Crippen LogP contribution in [0.2, 0.25) is 0 Å². The molecule has 2 fully saturated rings. The standard InChI is InChI=1S/C25H35N3O6S2/c1-18-14-19(2)25(20(3)15-18)36(31,32)28-11-9-27(10-12-28)23-16-22(7-8-24(23)33-4)35(29,30)26-17-21-6-5-13-34-21/h7-8,14-16,21,26H,5-6,9-13,17H2,1-4H3. The summed E-state index contributed by atoms with van der Waals surface area (Å²) in [6.07, 6.45) is 1.67. The van der Waals surface area contributed by atoms with Gasteiger partial charge in [-0.2, -0.15) is 4.31 Å². The first-order valence-corrected chi connectivity index (χ1v) is 15.1. The van der Waals surface area contributed by atoms with Crippen LogP contribution in [0.4, 0.5) is 5.69 Å². The molecule has 11 heteroatoms. The SMILES string of the molecule is COc1ccc(S(=O)(=O)NCC2CCCO2)cc1N1CCN(S(=O)(=O)c2c(C)cc(C)cc2C)CC1. The third kappa shape index (κ3) is 5.55. The highest BCUT2D eigenvalue weighted by Gasteiger charge is 2.32. The number of hydrogen-bond donors (Lipinski definition) is 1. The molecule has 0 bridgehead atoms. The summed E-state index contributed by atoms with van der Waals surface area (Å²) in [5, 5.41) is 0. The van der Waals surface area contributed by atoms with Crippen molar-refractivity contribution in [1.82, 2.24) is 9.03 Å². The van der Waals surface area contributed by atoms with Crippen molar-refractivity contribution in [2.24, 2.45) is 0 Å². The van der Waals surface area contributed by atoms with Crippen LogP contribution < -0.4 is 14.4 Å². The van der Waals surface area contributed by atoms with Crippen molar-refractivity contribution >= 4 is 25.7 Å². The second-order valence-corrected chi connectivity index (χ2v) is 13.1. The Morgan fingerprint density at radius 3 is 2.25 bits per heavy atom. The van der Waals surface area contributed by atoms with E-state index in [1.807, 2.05) is 37.8 Å². The maximum atomic E-state index is 13.5. The molecule has 0 radical (unpaired) electrons. The Kier molecular flexibility index (Phi) is 7.96. The van der Waals surface area contributed by atoms with Crippen LogP contribution in [0.5, 0.6) is 5.75 Å². The Bertz CT molecular complexity index is 1290. The minimum atomic E-state index is -3.74. The Hall–Kier alpha value is -2.18. The second-order valence-electron chi connectivity index (χ2n) is 9.44. The molecule has 36 heavy (non-hydrogen) atoms. The smallest absolute Gasteiger partial charge is 0.243 e. The van der Waals surface area contributed by atoms with Crippen LogP contribution in [0.15, 0.2) is 40.1 Å². The molecule has 9 nitrogen and oxygen atoms in total. The van der Waals surface area contributed by atoms with Crippen LogP contribution in [0.3, 0.4) is 0 Å². The van der Waals surface area contributed by atoms with Gasteiger partial charge in [0.1, 0.15) is 5.75 Å². The van der Waals surface area contributed by atoms with Crippen molar-refractivity contribution < 1.29 is 26.3 Å². The van der Waals surface area contributed by atoms with Crippen molar-refractivity contribution in [3.8, 4) is 5.75 Å². The normalized spacial score (nSPS) is 19.6. The number of piperazine rings is 1. The molecular formula is C25H35N3O6S2. The Morgan fingerprint density at radius 2 is 1.67 bits per heavy atom. The molecular weight excluding hydrogens is 502 g/mol. The van der Waals surface area contributed by atoms with Crippen molar-refractivity contribution in [3.63, 3.8) is 0 Å². The summed E-state index contributed by atoms with van der Waals surface area (Å²) in [4.78, 5) is 2.47. The molecule has 2 heterocycles. The molecule has 2 aromatic carbocycles. The number of hydrogen-bond acceptors (Lipinski definition) is 7. The highest BCUT2D eigenvalue weighted by atomic mass is 32.2. The predicted octanol–water partition coefficient (Wildman–Crippen LogP) is 2.59. The Balaban J connectivity index is 1.51. The second kappa shape index (κ2) is 10.7. The molecule has 198 valence electrons. The molecule has 2 aromatic rings. The number of nitrogens with one attached hydrogen (secondary N) is 1. The third-order valence-electron chi connectivity index (χ3n) is 6.77. The highest BCUT2D eigenvalue weighted by molar-refractivity contribution is 7.89. The van der Waals surface area contributed by atoms with Gasteiger partial charge in [0.15, 0.2) is 0 Å². The summed E-state index contributed by atoms with van der Waals surface area (Å²) < 4.78 is 68.0. The first-order chi connectivity index (χ1) is 17.0. The molecule has 2 aliphatic rings. The average molecular weight is 538 g/mol. The number of aryl methyl sites for hydroxylation is 3. The fraction of sp³-hybridized carbons (Fsp3) is 0.520. The first-order valence-electron chi connectivity index (χ1n) is 12.1. The van der Waals surface area contributed by atoms with Crippen molar-refractivity contribution in [3.05, 3.63) is 47.0 Å². The van der Waals surface area contributed by atoms with E-state index in [4.69, 9.17) is 9.47 Å². The van der Waals surface area contributed by atoms with Gasteiger partial charge in [0.25, 0.3) is 0 Å². The topological polar surface area (TPSA) is 105 Å². The molecule has 0 amide bonds. The average Bonchev–Trinajstić information content (AvgIpc) is 3.35. The van der Waals surface area contributed by atoms with Crippen molar-refractivity contribution in [1.29, 1.82) is 0 Å². The molecule has 1 unspecified atom stereocenters. The van der Waals surface area contributed by atoms with Gasteiger partial charge in [-0.3, -0.25) is 0 Å². The van der Waals surface area contributed by atoms with E-state index in [1.165, 1.54) is 17.5 Å². The summed E-state index contributed by atoms with van der Waals surface area (Å²) in [6, 6.07) is 8.52. The molecule has 4 rings (SSSR count). The van der Waals surface area contributed by atoms with Crippen LogP contribution in [-0.4, -0.2) is 73.7 Å². The molecule has 0 spiro atoms. The van der Waals surface area contributed by atoms with E-state index in [9.17, 15) is 16.8 Å². The van der Waals surface area contributed by atoms with Gasteiger partial charge in [0, 0.05) is 39.3 Å². The quantitative estimate of drug-likeness (QED) is 0.552. The minimum absolute atomic E-state index is 0.103. The van der Waals surface area contributed by atoms with E-state index in [-0.39, 0.29) is 30.6 Å². The minimum Gasteiger partial charge on any atom is -0.495 e. The number of rotatable bonds is 8. The van der Waals surface area contributed by atoms with Gasteiger partial charge in [0.2, 0.25) is 20.0 Å². The number of methoxy groups -OCH3 is 1. The van der Waals surface area contributed by atoms with E-state index in [0.717, 1.165) is 29.5 Å². The zero-order chi connectivity index (χ0) is 26.1. The lowest BCUT2D eigenvalue weighted by Crippen LogP contribution is -2.49. The van der Waals surface area contributed by atoms with Gasteiger partial charge in [-0.05, 0) is 62.9 Å². The van der Waals surface area contributed by atoms with Gasteiger partial charge in [0.05, 0.1) is 28.7 Å². The van der Waals surface area contributed by atoms with Crippen LogP contribution in [0.25, 0.3) is 0 Å². The van der Waals surface area contributed by atoms with Gasteiger partial charge in [-0.25, -0.2) is 21.6 Å². The van der Waals surface area contributed by atoms with E-state index in [1.54, 1.807) is 12.1 Å². The van der Waals surface area contributed by atoms with Crippen LogP contribution in [0, 0.1) is 20.8 Å². The maximum absolute atomic E-state index is 13.5. The maximum Gasteiger partial charge on any atom is 0.243 e. The summed E-state index contributed by atoms with van der Waals surface area (Å²) in [5.41, 5.74) is 3.13. The Labute approximate surface area is 214 Å². The van der Waals surface area contributed by atoms with Gasteiger partial charge < -0.3 is 14.4 Å². The molecule has 0 aromatic heterocycles. The molecule has 2 aliphatic heterocycles. The number of ether oxygens (including phenoxy) is 2. The van der Waals surface area contributed by atoms with E-state index in [2.05, 4.69) is 4.72 Å². The number of anilines is 1. The van der Waals surface area contributed by atoms with Gasteiger partial charge >= 0.3 is 0 Å². The molecule has 0 saturated carbocycles. The fourth-order valence-electron chi connectivity index (χ4n) is 5.05. The largest absolute Gasteiger partial charge is 0.495 e. The molecule has 2 saturated heterocycles. The van der Waals surface area contributed by atoms with E-state index < -0.39 is 20.0 Å². The lowest BCUT2D eigenvalue weighted by Gasteiger charge is -2.36. The fourth-order valence-corrected chi connectivity index (χ4v) is 7.97. The van der Waals surface area contributed by atoms with Crippen molar-refractivity contribution in [2.45, 2.75) is 49.5 Å². The lowest BCUT2D eigenvalue weighted by molar-refractivity contribution is 0.114. The van der Waals surface area contributed by atoms with E-state index in [0.29, 0.717) is 36.0 Å².